The molecular weight excluding hydrogens is 168 g/mol. The van der Waals surface area contributed by atoms with E-state index in [4.69, 9.17) is 5.11 Å². The second-order valence-corrected chi connectivity index (χ2v) is 2.97. The van der Waals surface area contributed by atoms with Gasteiger partial charge in [-0.15, -0.1) is 0 Å². The lowest BCUT2D eigenvalue weighted by Gasteiger charge is -2.14. The van der Waals surface area contributed by atoms with Crippen molar-refractivity contribution in [2.45, 2.75) is 18.9 Å². The molecular formula is C10H12O3. The van der Waals surface area contributed by atoms with Crippen LogP contribution in [0.5, 0.6) is 0 Å². The van der Waals surface area contributed by atoms with Crippen LogP contribution in [0.3, 0.4) is 0 Å². The number of rotatable bonds is 3. The molecule has 0 aliphatic carbocycles. The van der Waals surface area contributed by atoms with Gasteiger partial charge in [0.25, 0.3) is 0 Å². The van der Waals surface area contributed by atoms with Gasteiger partial charge in [-0.1, -0.05) is 30.3 Å². The lowest BCUT2D eigenvalue weighted by atomic mass is 9.95. The van der Waals surface area contributed by atoms with Gasteiger partial charge >= 0.3 is 5.97 Å². The van der Waals surface area contributed by atoms with Crippen LogP contribution in [0.4, 0.5) is 0 Å². The van der Waals surface area contributed by atoms with Crippen molar-refractivity contribution in [3.05, 3.63) is 35.9 Å². The van der Waals surface area contributed by atoms with Crippen LogP contribution < -0.4 is 0 Å². The molecule has 0 saturated heterocycles. The van der Waals surface area contributed by atoms with Crippen molar-refractivity contribution in [1.82, 2.24) is 0 Å². The van der Waals surface area contributed by atoms with Gasteiger partial charge in [-0.2, -0.15) is 0 Å². The minimum Gasteiger partial charge on any atom is -0.481 e. The van der Waals surface area contributed by atoms with E-state index >= 15 is 0 Å². The number of aliphatic carboxylic acids is 1. The monoisotopic (exact) mass is 180 g/mol. The van der Waals surface area contributed by atoms with E-state index in [0.29, 0.717) is 5.56 Å². The minimum absolute atomic E-state index is 0.630. The standard InChI is InChI=1S/C10H12O3/c1-7(11)9(10(12)13)8-5-3-2-4-6-8/h2-7,9,11H,1H3,(H,12,13). The van der Waals surface area contributed by atoms with Crippen LogP contribution in [0.2, 0.25) is 0 Å². The quantitative estimate of drug-likeness (QED) is 0.735. The Labute approximate surface area is 76.6 Å². The third-order valence-electron chi connectivity index (χ3n) is 1.91. The van der Waals surface area contributed by atoms with E-state index in [0.717, 1.165) is 0 Å². The average molecular weight is 180 g/mol. The first-order valence-corrected chi connectivity index (χ1v) is 4.08. The molecule has 0 aliphatic heterocycles. The summed E-state index contributed by atoms with van der Waals surface area (Å²) >= 11 is 0. The molecule has 0 aliphatic rings. The molecule has 0 radical (unpaired) electrons. The second-order valence-electron chi connectivity index (χ2n) is 2.97. The number of hydrogen-bond acceptors (Lipinski definition) is 2. The van der Waals surface area contributed by atoms with Crippen molar-refractivity contribution in [3.63, 3.8) is 0 Å². The average Bonchev–Trinajstić information content (AvgIpc) is 2.04. The van der Waals surface area contributed by atoms with Gasteiger partial charge in [0.2, 0.25) is 0 Å². The maximum absolute atomic E-state index is 10.8. The van der Waals surface area contributed by atoms with E-state index in [1.54, 1.807) is 24.3 Å². The second kappa shape index (κ2) is 4.05. The van der Waals surface area contributed by atoms with Gasteiger partial charge in [0, 0.05) is 0 Å². The molecule has 0 spiro atoms. The van der Waals surface area contributed by atoms with Crippen LogP contribution in [0, 0.1) is 0 Å². The van der Waals surface area contributed by atoms with Gasteiger partial charge in [0.05, 0.1) is 6.10 Å². The lowest BCUT2D eigenvalue weighted by molar-refractivity contribution is -0.141. The number of aliphatic hydroxyl groups excluding tert-OH is 1. The summed E-state index contributed by atoms with van der Waals surface area (Å²) in [7, 11) is 0. The van der Waals surface area contributed by atoms with Gasteiger partial charge in [0.1, 0.15) is 5.92 Å². The highest BCUT2D eigenvalue weighted by atomic mass is 16.4. The Morgan fingerprint density at radius 3 is 2.23 bits per heavy atom. The summed E-state index contributed by atoms with van der Waals surface area (Å²) in [5, 5.41) is 18.1. The summed E-state index contributed by atoms with van der Waals surface area (Å²) in [6.45, 7) is 1.48. The van der Waals surface area contributed by atoms with Crippen LogP contribution in [0.15, 0.2) is 30.3 Å². The molecule has 1 aromatic rings. The van der Waals surface area contributed by atoms with Gasteiger partial charge in [-0.3, -0.25) is 4.79 Å². The fourth-order valence-corrected chi connectivity index (χ4v) is 1.29. The summed E-state index contributed by atoms with van der Waals surface area (Å²) in [5.74, 6) is -1.83. The Kier molecular flexibility index (Phi) is 3.03. The van der Waals surface area contributed by atoms with E-state index in [1.807, 2.05) is 6.07 Å². The smallest absolute Gasteiger partial charge is 0.313 e. The summed E-state index contributed by atoms with van der Waals surface area (Å²) < 4.78 is 0. The van der Waals surface area contributed by atoms with E-state index in [1.165, 1.54) is 6.92 Å². The summed E-state index contributed by atoms with van der Waals surface area (Å²) in [6, 6.07) is 8.72. The molecule has 3 nitrogen and oxygen atoms in total. The highest BCUT2D eigenvalue weighted by Crippen LogP contribution is 2.19. The Morgan fingerprint density at radius 2 is 1.85 bits per heavy atom. The number of carboxylic acid groups (broad SMARTS) is 1. The first-order chi connectivity index (χ1) is 6.13. The van der Waals surface area contributed by atoms with Crippen LogP contribution in [0.1, 0.15) is 18.4 Å². The zero-order valence-electron chi connectivity index (χ0n) is 7.34. The van der Waals surface area contributed by atoms with E-state index in [-0.39, 0.29) is 0 Å². The third kappa shape index (κ3) is 2.29. The van der Waals surface area contributed by atoms with Gasteiger partial charge in [-0.05, 0) is 12.5 Å². The van der Waals surface area contributed by atoms with E-state index in [2.05, 4.69) is 0 Å². The van der Waals surface area contributed by atoms with Crippen LogP contribution in [0.25, 0.3) is 0 Å². The van der Waals surface area contributed by atoms with Crippen molar-refractivity contribution >= 4 is 5.97 Å². The van der Waals surface area contributed by atoms with Crippen molar-refractivity contribution in [3.8, 4) is 0 Å². The predicted molar refractivity (Wildman–Crippen MR) is 48.5 cm³/mol. The van der Waals surface area contributed by atoms with Gasteiger partial charge < -0.3 is 10.2 Å². The summed E-state index contributed by atoms with van der Waals surface area (Å²) in [4.78, 5) is 10.8. The molecule has 3 heteroatoms. The molecule has 0 heterocycles. The highest BCUT2D eigenvalue weighted by molar-refractivity contribution is 5.76. The number of carbonyl (C=O) groups is 1. The Hall–Kier alpha value is -1.35. The number of aliphatic hydroxyl groups is 1. The maximum Gasteiger partial charge on any atom is 0.313 e. The van der Waals surface area contributed by atoms with Gasteiger partial charge in [-0.25, -0.2) is 0 Å². The largest absolute Gasteiger partial charge is 0.481 e. The molecule has 0 amide bonds. The fraction of sp³-hybridized carbons (Fsp3) is 0.300. The molecule has 2 atom stereocenters. The zero-order chi connectivity index (χ0) is 9.84. The molecule has 0 saturated carbocycles. The fourth-order valence-electron chi connectivity index (χ4n) is 1.29. The Morgan fingerprint density at radius 1 is 1.31 bits per heavy atom. The molecule has 2 unspecified atom stereocenters. The van der Waals surface area contributed by atoms with Crippen LogP contribution >= 0.6 is 0 Å². The van der Waals surface area contributed by atoms with Gasteiger partial charge in [0.15, 0.2) is 0 Å². The molecule has 70 valence electrons. The van der Waals surface area contributed by atoms with Crippen LogP contribution in [-0.2, 0) is 4.79 Å². The van der Waals surface area contributed by atoms with Crippen LogP contribution in [-0.4, -0.2) is 22.3 Å². The van der Waals surface area contributed by atoms with Crippen molar-refractivity contribution in [2.75, 3.05) is 0 Å². The predicted octanol–water partition coefficient (Wildman–Crippen LogP) is 1.24. The molecule has 1 rings (SSSR count). The molecule has 0 aromatic heterocycles. The first kappa shape index (κ1) is 9.74. The number of benzene rings is 1. The molecule has 0 fully saturated rings. The van der Waals surface area contributed by atoms with Crippen molar-refractivity contribution < 1.29 is 15.0 Å². The van der Waals surface area contributed by atoms with E-state index in [9.17, 15) is 9.90 Å². The number of hydrogen-bond donors (Lipinski definition) is 2. The topological polar surface area (TPSA) is 57.5 Å². The van der Waals surface area contributed by atoms with E-state index < -0.39 is 18.0 Å². The van der Waals surface area contributed by atoms with Crippen molar-refractivity contribution in [1.29, 1.82) is 0 Å². The SMILES string of the molecule is CC(O)C(C(=O)O)c1ccccc1. The Balaban J connectivity index is 2.96. The number of carboxylic acids is 1. The molecule has 13 heavy (non-hydrogen) atoms. The zero-order valence-corrected chi connectivity index (χ0v) is 7.34. The third-order valence-corrected chi connectivity index (χ3v) is 1.91. The highest BCUT2D eigenvalue weighted by Gasteiger charge is 2.24. The van der Waals surface area contributed by atoms with Crippen molar-refractivity contribution in [2.24, 2.45) is 0 Å². The normalized spacial score (nSPS) is 14.9. The first-order valence-electron chi connectivity index (χ1n) is 4.08. The maximum atomic E-state index is 10.8. The molecule has 0 bridgehead atoms. The Bertz CT molecular complexity index is 279. The molecule has 2 N–H and O–H groups in total. The lowest BCUT2D eigenvalue weighted by Crippen LogP contribution is -2.23. The summed E-state index contributed by atoms with van der Waals surface area (Å²) in [6.07, 6.45) is -0.875. The summed E-state index contributed by atoms with van der Waals surface area (Å²) in [5.41, 5.74) is 0.630. The molecule has 1 aromatic carbocycles. The minimum atomic E-state index is -0.999.